The van der Waals surface area contributed by atoms with E-state index >= 15 is 0 Å². The van der Waals surface area contributed by atoms with E-state index in [-0.39, 0.29) is 11.5 Å². The van der Waals surface area contributed by atoms with E-state index in [0.717, 1.165) is 5.82 Å². The van der Waals surface area contributed by atoms with Gasteiger partial charge >= 0.3 is 0 Å². The van der Waals surface area contributed by atoms with E-state index in [1.165, 1.54) is 6.07 Å². The minimum Gasteiger partial charge on any atom is -0.320 e. The molecule has 0 atom stereocenters. The highest BCUT2D eigenvalue weighted by molar-refractivity contribution is 6.02. The molecule has 1 amide bonds. The molecule has 0 aliphatic rings. The Bertz CT molecular complexity index is 857. The Morgan fingerprint density at radius 2 is 2.00 bits per heavy atom. The van der Waals surface area contributed by atoms with Gasteiger partial charge in [-0.05, 0) is 43.7 Å². The molecule has 1 aromatic carbocycles. The topological polar surface area (TPSA) is 72.7 Å². The first kappa shape index (κ1) is 14.8. The van der Waals surface area contributed by atoms with E-state index in [1.807, 2.05) is 6.92 Å². The molecule has 2 aromatic heterocycles. The van der Waals surface area contributed by atoms with Gasteiger partial charge in [-0.1, -0.05) is 6.07 Å². The molecular formula is C16H14FN5O. The molecule has 116 valence electrons. The van der Waals surface area contributed by atoms with Gasteiger partial charge in [-0.3, -0.25) is 9.36 Å². The molecule has 0 spiro atoms. The van der Waals surface area contributed by atoms with Gasteiger partial charge in [0.2, 0.25) is 0 Å². The van der Waals surface area contributed by atoms with Crippen molar-refractivity contribution in [1.82, 2.24) is 19.7 Å². The number of hydrogen-bond acceptors (Lipinski definition) is 4. The van der Waals surface area contributed by atoms with Gasteiger partial charge in [0, 0.05) is 18.1 Å². The maximum atomic E-state index is 13.5. The number of aryl methyl sites for hydroxylation is 2. The summed E-state index contributed by atoms with van der Waals surface area (Å²) in [7, 11) is 0. The van der Waals surface area contributed by atoms with Crippen LogP contribution in [0.25, 0.3) is 5.82 Å². The summed E-state index contributed by atoms with van der Waals surface area (Å²) in [5, 5.41) is 10.5. The predicted molar refractivity (Wildman–Crippen MR) is 83.0 cm³/mol. The van der Waals surface area contributed by atoms with Crippen LogP contribution in [0.3, 0.4) is 0 Å². The van der Waals surface area contributed by atoms with Crippen molar-refractivity contribution in [2.24, 2.45) is 0 Å². The van der Waals surface area contributed by atoms with Crippen LogP contribution in [0.5, 0.6) is 0 Å². The van der Waals surface area contributed by atoms with Crippen LogP contribution in [-0.4, -0.2) is 25.7 Å². The summed E-state index contributed by atoms with van der Waals surface area (Å²) >= 11 is 0. The van der Waals surface area contributed by atoms with Crippen molar-refractivity contribution in [2.75, 3.05) is 5.32 Å². The Kier molecular flexibility index (Phi) is 3.84. The number of imidazole rings is 1. The molecule has 0 bridgehead atoms. The summed E-state index contributed by atoms with van der Waals surface area (Å²) in [5.41, 5.74) is 1.03. The highest BCUT2D eigenvalue weighted by Crippen LogP contribution is 2.14. The normalized spacial score (nSPS) is 10.6. The van der Waals surface area contributed by atoms with Gasteiger partial charge in [0.05, 0.1) is 0 Å². The van der Waals surface area contributed by atoms with Crippen molar-refractivity contribution in [3.8, 4) is 5.82 Å². The summed E-state index contributed by atoms with van der Waals surface area (Å²) in [4.78, 5) is 16.2. The van der Waals surface area contributed by atoms with Crippen LogP contribution in [0.1, 0.15) is 21.9 Å². The van der Waals surface area contributed by atoms with E-state index < -0.39 is 5.91 Å². The number of halogens is 1. The first-order chi connectivity index (χ1) is 11.0. The Labute approximate surface area is 132 Å². The van der Waals surface area contributed by atoms with Crippen LogP contribution in [0, 0.1) is 19.7 Å². The van der Waals surface area contributed by atoms with Crippen molar-refractivity contribution < 1.29 is 9.18 Å². The minimum atomic E-state index is -0.449. The predicted octanol–water partition coefficient (Wildman–Crippen LogP) is 2.67. The summed E-state index contributed by atoms with van der Waals surface area (Å²) in [5.74, 6) is 0.513. The van der Waals surface area contributed by atoms with Gasteiger partial charge in [-0.15, -0.1) is 10.2 Å². The highest BCUT2D eigenvalue weighted by Gasteiger charge is 2.11. The van der Waals surface area contributed by atoms with Gasteiger partial charge < -0.3 is 5.32 Å². The molecule has 3 aromatic rings. The number of anilines is 1. The van der Waals surface area contributed by atoms with Gasteiger partial charge in [0.15, 0.2) is 11.5 Å². The van der Waals surface area contributed by atoms with Gasteiger partial charge in [0.25, 0.3) is 5.91 Å². The Morgan fingerprint density at radius 3 is 2.61 bits per heavy atom. The number of nitrogens with zero attached hydrogens (tertiary/aromatic N) is 4. The maximum absolute atomic E-state index is 13.5. The fourth-order valence-corrected chi connectivity index (χ4v) is 2.06. The zero-order chi connectivity index (χ0) is 16.4. The number of aromatic nitrogens is 4. The van der Waals surface area contributed by atoms with Crippen LogP contribution in [-0.2, 0) is 0 Å². The molecule has 0 saturated carbocycles. The standard InChI is InChI=1S/C16H14FN5O/c1-10-3-4-12(9-13(10)17)19-16(23)14-5-6-15(21-20-14)22-8-7-18-11(22)2/h3-9H,1-2H3,(H,19,23). The average Bonchev–Trinajstić information content (AvgIpc) is 2.97. The van der Waals surface area contributed by atoms with Crippen molar-refractivity contribution in [2.45, 2.75) is 13.8 Å². The lowest BCUT2D eigenvalue weighted by Gasteiger charge is -2.07. The molecule has 0 fully saturated rings. The third-order valence-electron chi connectivity index (χ3n) is 3.39. The largest absolute Gasteiger partial charge is 0.320 e. The van der Waals surface area contributed by atoms with E-state index in [9.17, 15) is 9.18 Å². The smallest absolute Gasteiger partial charge is 0.276 e. The van der Waals surface area contributed by atoms with Crippen LogP contribution < -0.4 is 5.32 Å². The Morgan fingerprint density at radius 1 is 1.17 bits per heavy atom. The monoisotopic (exact) mass is 311 g/mol. The molecule has 0 aliphatic heterocycles. The number of rotatable bonds is 3. The second-order valence-electron chi connectivity index (χ2n) is 5.04. The van der Waals surface area contributed by atoms with Crippen molar-refractivity contribution in [1.29, 1.82) is 0 Å². The summed E-state index contributed by atoms with van der Waals surface area (Å²) < 4.78 is 15.2. The average molecular weight is 311 g/mol. The fraction of sp³-hybridized carbons (Fsp3) is 0.125. The minimum absolute atomic E-state index is 0.146. The second-order valence-corrected chi connectivity index (χ2v) is 5.04. The van der Waals surface area contributed by atoms with E-state index in [4.69, 9.17) is 0 Å². The van der Waals surface area contributed by atoms with Crippen LogP contribution in [0.4, 0.5) is 10.1 Å². The van der Waals surface area contributed by atoms with Crippen molar-refractivity contribution in [3.05, 3.63) is 65.6 Å². The van der Waals surface area contributed by atoms with Crippen LogP contribution >= 0.6 is 0 Å². The third-order valence-corrected chi connectivity index (χ3v) is 3.39. The van der Waals surface area contributed by atoms with E-state index in [0.29, 0.717) is 17.1 Å². The molecular weight excluding hydrogens is 297 g/mol. The van der Waals surface area contributed by atoms with Gasteiger partial charge in [0.1, 0.15) is 11.6 Å². The lowest BCUT2D eigenvalue weighted by atomic mass is 10.2. The van der Waals surface area contributed by atoms with E-state index in [1.54, 1.807) is 48.1 Å². The molecule has 0 aliphatic carbocycles. The number of carbonyl (C=O) groups excluding carboxylic acids is 1. The lowest BCUT2D eigenvalue weighted by Crippen LogP contribution is -2.15. The third kappa shape index (κ3) is 3.08. The molecule has 1 N–H and O–H groups in total. The van der Waals surface area contributed by atoms with Crippen molar-refractivity contribution >= 4 is 11.6 Å². The maximum Gasteiger partial charge on any atom is 0.276 e. The summed E-state index contributed by atoms with van der Waals surface area (Å²) in [6.45, 7) is 3.50. The fourth-order valence-electron chi connectivity index (χ4n) is 2.06. The molecule has 0 saturated heterocycles. The van der Waals surface area contributed by atoms with Crippen LogP contribution in [0.2, 0.25) is 0 Å². The summed E-state index contributed by atoms with van der Waals surface area (Å²) in [6.07, 6.45) is 3.41. The Balaban J connectivity index is 1.77. The molecule has 0 unspecified atom stereocenters. The molecule has 6 nitrogen and oxygen atoms in total. The highest BCUT2D eigenvalue weighted by atomic mass is 19.1. The molecule has 2 heterocycles. The number of carbonyl (C=O) groups is 1. The molecule has 3 rings (SSSR count). The molecule has 7 heteroatoms. The first-order valence-electron chi connectivity index (χ1n) is 6.96. The number of nitrogens with one attached hydrogen (secondary N) is 1. The van der Waals surface area contributed by atoms with Gasteiger partial charge in [-0.2, -0.15) is 0 Å². The SMILES string of the molecule is Cc1ccc(NC(=O)c2ccc(-n3ccnc3C)nn2)cc1F. The molecule has 23 heavy (non-hydrogen) atoms. The van der Waals surface area contributed by atoms with Gasteiger partial charge in [-0.25, -0.2) is 9.37 Å². The quantitative estimate of drug-likeness (QED) is 0.807. The van der Waals surface area contributed by atoms with E-state index in [2.05, 4.69) is 20.5 Å². The Hall–Kier alpha value is -3.09. The van der Waals surface area contributed by atoms with Crippen molar-refractivity contribution in [3.63, 3.8) is 0 Å². The zero-order valence-corrected chi connectivity index (χ0v) is 12.6. The van der Waals surface area contributed by atoms with Crippen LogP contribution in [0.15, 0.2) is 42.7 Å². The summed E-state index contributed by atoms with van der Waals surface area (Å²) in [6, 6.07) is 7.73. The number of benzene rings is 1. The number of amides is 1. The first-order valence-corrected chi connectivity index (χ1v) is 6.96. The zero-order valence-electron chi connectivity index (χ0n) is 12.6. The molecule has 0 radical (unpaired) electrons. The second kappa shape index (κ2) is 5.96. The number of hydrogen-bond donors (Lipinski definition) is 1. The lowest BCUT2D eigenvalue weighted by molar-refractivity contribution is 0.102.